The molecule has 6 nitrogen and oxygen atoms in total. The lowest BCUT2D eigenvalue weighted by molar-refractivity contribution is -0.384. The Kier molecular flexibility index (Phi) is 5.28. The van der Waals surface area contributed by atoms with E-state index in [1.165, 1.54) is 0 Å². The van der Waals surface area contributed by atoms with Crippen molar-refractivity contribution in [3.8, 4) is 5.75 Å². The van der Waals surface area contributed by atoms with Gasteiger partial charge in [0.15, 0.2) is 6.61 Å². The van der Waals surface area contributed by atoms with Crippen LogP contribution >= 0.6 is 15.9 Å². The molecule has 0 heterocycles. The van der Waals surface area contributed by atoms with Crippen molar-refractivity contribution in [1.82, 2.24) is 0 Å². The Hall–Kier alpha value is -2.48. The first-order valence-electron chi connectivity index (χ1n) is 6.49. The summed E-state index contributed by atoms with van der Waals surface area (Å²) in [5, 5.41) is 12.9. The highest BCUT2D eigenvalue weighted by molar-refractivity contribution is 9.10. The Bertz CT molecular complexity index is 767. The highest BCUT2D eigenvalue weighted by atomic mass is 79.9. The zero-order valence-electron chi connectivity index (χ0n) is 12.0. The lowest BCUT2D eigenvalue weighted by atomic mass is 10.2. The van der Waals surface area contributed by atoms with Crippen LogP contribution < -0.4 is 10.1 Å². The van der Waals surface area contributed by atoms with E-state index in [2.05, 4.69) is 21.2 Å². The molecule has 120 valence electrons. The number of aryl methyl sites for hydroxylation is 1. The lowest BCUT2D eigenvalue weighted by Crippen LogP contribution is -2.21. The van der Waals surface area contributed by atoms with Crippen LogP contribution in [-0.2, 0) is 4.79 Å². The zero-order chi connectivity index (χ0) is 17.0. The molecule has 2 aromatic carbocycles. The van der Waals surface area contributed by atoms with Crippen LogP contribution in [-0.4, -0.2) is 17.4 Å². The average Bonchev–Trinajstić information content (AvgIpc) is 2.48. The first kappa shape index (κ1) is 16.9. The third-order valence-corrected chi connectivity index (χ3v) is 3.42. The maximum absolute atomic E-state index is 13.6. The summed E-state index contributed by atoms with van der Waals surface area (Å²) in [4.78, 5) is 21.8. The average molecular weight is 383 g/mol. The molecule has 0 bridgehead atoms. The largest absolute Gasteiger partial charge is 0.483 e. The van der Waals surface area contributed by atoms with E-state index in [1.54, 1.807) is 12.1 Å². The summed E-state index contributed by atoms with van der Waals surface area (Å²) in [6.45, 7) is 1.48. The van der Waals surface area contributed by atoms with Gasteiger partial charge in [-0.1, -0.05) is 15.9 Å². The van der Waals surface area contributed by atoms with E-state index >= 15 is 0 Å². The summed E-state index contributed by atoms with van der Waals surface area (Å²) >= 11 is 3.32. The number of carbonyl (C=O) groups is 1. The van der Waals surface area contributed by atoms with Crippen LogP contribution in [0.25, 0.3) is 0 Å². The molecule has 8 heteroatoms. The normalized spacial score (nSPS) is 10.2. The molecule has 0 fully saturated rings. The first-order chi connectivity index (χ1) is 10.9. The number of amides is 1. The van der Waals surface area contributed by atoms with Gasteiger partial charge in [-0.2, -0.15) is 0 Å². The van der Waals surface area contributed by atoms with Gasteiger partial charge >= 0.3 is 0 Å². The summed E-state index contributed by atoms with van der Waals surface area (Å²) in [6.07, 6.45) is 0. The number of halogens is 2. The number of benzene rings is 2. The number of carbonyl (C=O) groups excluding carboxylic acids is 1. The summed E-state index contributed by atoms with van der Waals surface area (Å²) in [7, 11) is 0. The van der Waals surface area contributed by atoms with Crippen LogP contribution in [0.15, 0.2) is 40.9 Å². The van der Waals surface area contributed by atoms with Crippen molar-refractivity contribution in [2.75, 3.05) is 11.9 Å². The van der Waals surface area contributed by atoms with Gasteiger partial charge < -0.3 is 10.1 Å². The fourth-order valence-electron chi connectivity index (χ4n) is 1.83. The molecule has 0 saturated heterocycles. The molecular weight excluding hydrogens is 371 g/mol. The van der Waals surface area contributed by atoms with Crippen LogP contribution in [0.3, 0.4) is 0 Å². The maximum Gasteiger partial charge on any atom is 0.271 e. The second-order valence-corrected chi connectivity index (χ2v) is 5.58. The van der Waals surface area contributed by atoms with E-state index in [-0.39, 0.29) is 18.0 Å². The Morgan fingerprint density at radius 1 is 1.35 bits per heavy atom. The predicted octanol–water partition coefficient (Wildman–Crippen LogP) is 3.82. The quantitative estimate of drug-likeness (QED) is 0.629. The van der Waals surface area contributed by atoms with Crippen molar-refractivity contribution < 1.29 is 18.8 Å². The second-order valence-electron chi connectivity index (χ2n) is 4.67. The van der Waals surface area contributed by atoms with Crippen molar-refractivity contribution >= 4 is 33.2 Å². The van der Waals surface area contributed by atoms with Gasteiger partial charge in [-0.15, -0.1) is 0 Å². The minimum absolute atomic E-state index is 0.264. The van der Waals surface area contributed by atoms with Gasteiger partial charge in [0.25, 0.3) is 11.6 Å². The van der Waals surface area contributed by atoms with E-state index in [0.29, 0.717) is 5.75 Å². The molecule has 0 radical (unpaired) electrons. The molecule has 0 spiro atoms. The van der Waals surface area contributed by atoms with E-state index in [9.17, 15) is 19.3 Å². The molecule has 0 aliphatic carbocycles. The molecule has 2 aromatic rings. The zero-order valence-corrected chi connectivity index (χ0v) is 13.6. The van der Waals surface area contributed by atoms with Gasteiger partial charge in [0.2, 0.25) is 0 Å². The Morgan fingerprint density at radius 2 is 2.09 bits per heavy atom. The van der Waals surface area contributed by atoms with Crippen molar-refractivity contribution in [1.29, 1.82) is 0 Å². The van der Waals surface area contributed by atoms with Crippen LogP contribution in [0, 0.1) is 22.9 Å². The number of nitro benzene ring substituents is 1. The van der Waals surface area contributed by atoms with Gasteiger partial charge in [-0.3, -0.25) is 14.9 Å². The molecule has 0 aliphatic rings. The van der Waals surface area contributed by atoms with Crippen LogP contribution in [0.1, 0.15) is 5.56 Å². The molecule has 23 heavy (non-hydrogen) atoms. The second kappa shape index (κ2) is 7.19. The van der Waals surface area contributed by atoms with Gasteiger partial charge in [-0.25, -0.2) is 4.39 Å². The molecule has 0 saturated carbocycles. The highest BCUT2D eigenvalue weighted by Gasteiger charge is 2.13. The number of rotatable bonds is 5. The summed E-state index contributed by atoms with van der Waals surface area (Å²) in [6, 6.07) is 8.19. The fourth-order valence-corrected chi connectivity index (χ4v) is 2.30. The Morgan fingerprint density at radius 3 is 2.74 bits per heavy atom. The number of hydrogen-bond donors (Lipinski definition) is 1. The molecule has 0 aliphatic heterocycles. The minimum atomic E-state index is -0.760. The summed E-state index contributed by atoms with van der Waals surface area (Å²) in [5.41, 5.74) is 0.250. The maximum atomic E-state index is 13.6. The smallest absolute Gasteiger partial charge is 0.271 e. The molecule has 1 N–H and O–H groups in total. The van der Waals surface area contributed by atoms with Crippen LogP contribution in [0.4, 0.5) is 15.8 Å². The third kappa shape index (κ3) is 4.49. The third-order valence-electron chi connectivity index (χ3n) is 2.93. The van der Waals surface area contributed by atoms with E-state index in [0.717, 1.165) is 28.2 Å². The lowest BCUT2D eigenvalue weighted by Gasteiger charge is -2.10. The molecule has 0 aromatic heterocycles. The van der Waals surface area contributed by atoms with Crippen LogP contribution in [0.2, 0.25) is 0 Å². The van der Waals surface area contributed by atoms with Crippen molar-refractivity contribution in [3.63, 3.8) is 0 Å². The van der Waals surface area contributed by atoms with Crippen LogP contribution in [0.5, 0.6) is 5.75 Å². The number of non-ortho nitro benzene ring substituents is 1. The van der Waals surface area contributed by atoms with E-state index < -0.39 is 16.6 Å². The fraction of sp³-hybridized carbons (Fsp3) is 0.133. The summed E-state index contributed by atoms with van der Waals surface area (Å²) in [5.74, 6) is -0.863. The number of nitrogens with zero attached hydrogens (tertiary/aromatic N) is 1. The number of anilines is 1. The SMILES string of the molecule is Cc1cc(Br)ccc1OCC(=O)Nc1cc([N+](=O)[O-])ccc1F. The standard InChI is InChI=1S/C15H12BrFN2O4/c1-9-6-10(16)2-5-14(9)23-8-15(20)18-13-7-11(19(21)22)3-4-12(13)17/h2-7H,8H2,1H3,(H,18,20). The molecule has 2 rings (SSSR count). The molecule has 0 atom stereocenters. The molecular formula is C15H12BrFN2O4. The van der Waals surface area contributed by atoms with Crippen molar-refractivity contribution in [3.05, 3.63) is 62.4 Å². The summed E-state index contributed by atoms with van der Waals surface area (Å²) < 4.78 is 19.8. The number of ether oxygens (including phenoxy) is 1. The molecule has 1 amide bonds. The van der Waals surface area contributed by atoms with Crippen molar-refractivity contribution in [2.45, 2.75) is 6.92 Å². The predicted molar refractivity (Wildman–Crippen MR) is 86.1 cm³/mol. The van der Waals surface area contributed by atoms with Gasteiger partial charge in [0, 0.05) is 16.6 Å². The van der Waals surface area contributed by atoms with Crippen molar-refractivity contribution in [2.24, 2.45) is 0 Å². The number of nitrogens with one attached hydrogen (secondary N) is 1. The number of hydrogen-bond acceptors (Lipinski definition) is 4. The van der Waals surface area contributed by atoms with Gasteiger partial charge in [-0.05, 0) is 36.8 Å². The van der Waals surface area contributed by atoms with E-state index in [1.807, 2.05) is 13.0 Å². The molecule has 0 unspecified atom stereocenters. The first-order valence-corrected chi connectivity index (χ1v) is 7.29. The minimum Gasteiger partial charge on any atom is -0.483 e. The monoisotopic (exact) mass is 382 g/mol. The Labute approximate surface area is 139 Å². The van der Waals surface area contributed by atoms with E-state index in [4.69, 9.17) is 4.74 Å². The highest BCUT2D eigenvalue weighted by Crippen LogP contribution is 2.23. The number of nitro groups is 1. The topological polar surface area (TPSA) is 81.5 Å². The Balaban J connectivity index is 2.02. The van der Waals surface area contributed by atoms with Gasteiger partial charge in [0.05, 0.1) is 10.6 Å². The van der Waals surface area contributed by atoms with Gasteiger partial charge in [0.1, 0.15) is 11.6 Å².